The standard InChI is InChI=1S/C15H14BrFN2O/c1-9-13(17)6-11(7-14(9)18)15(20)19-8-10-4-2-3-5-12(10)16/h2-7H,8,18H2,1H3,(H,19,20). The number of rotatable bonds is 3. The van der Waals surface area contributed by atoms with Gasteiger partial charge in [-0.2, -0.15) is 0 Å². The summed E-state index contributed by atoms with van der Waals surface area (Å²) < 4.78 is 14.5. The maximum absolute atomic E-state index is 13.6. The van der Waals surface area contributed by atoms with Gasteiger partial charge in [0.25, 0.3) is 5.91 Å². The molecule has 0 atom stereocenters. The lowest BCUT2D eigenvalue weighted by Crippen LogP contribution is -2.23. The molecule has 2 aromatic carbocycles. The topological polar surface area (TPSA) is 55.1 Å². The maximum Gasteiger partial charge on any atom is 0.251 e. The van der Waals surface area contributed by atoms with Gasteiger partial charge in [-0.15, -0.1) is 0 Å². The van der Waals surface area contributed by atoms with E-state index in [1.165, 1.54) is 12.1 Å². The Morgan fingerprint density at radius 1 is 1.35 bits per heavy atom. The van der Waals surface area contributed by atoms with Crippen molar-refractivity contribution in [2.45, 2.75) is 13.5 Å². The lowest BCUT2D eigenvalue weighted by molar-refractivity contribution is 0.0950. The maximum atomic E-state index is 13.6. The van der Waals surface area contributed by atoms with Gasteiger partial charge in [-0.05, 0) is 30.7 Å². The van der Waals surface area contributed by atoms with Crippen LogP contribution in [0.4, 0.5) is 10.1 Å². The molecule has 3 N–H and O–H groups in total. The van der Waals surface area contributed by atoms with E-state index in [-0.39, 0.29) is 17.2 Å². The highest BCUT2D eigenvalue weighted by molar-refractivity contribution is 9.10. The van der Waals surface area contributed by atoms with Gasteiger partial charge in [0.05, 0.1) is 0 Å². The molecule has 0 saturated heterocycles. The van der Waals surface area contributed by atoms with Crippen molar-refractivity contribution in [1.82, 2.24) is 5.32 Å². The first-order valence-corrected chi connectivity index (χ1v) is 6.85. The molecule has 0 fully saturated rings. The van der Waals surface area contributed by atoms with Gasteiger partial charge in [0.15, 0.2) is 0 Å². The third kappa shape index (κ3) is 3.17. The van der Waals surface area contributed by atoms with Gasteiger partial charge >= 0.3 is 0 Å². The van der Waals surface area contributed by atoms with Crippen LogP contribution >= 0.6 is 15.9 Å². The number of carbonyl (C=O) groups excluding carboxylic acids is 1. The molecule has 0 aliphatic rings. The first-order chi connectivity index (χ1) is 9.49. The minimum atomic E-state index is -0.476. The van der Waals surface area contributed by atoms with Crippen molar-refractivity contribution in [1.29, 1.82) is 0 Å². The van der Waals surface area contributed by atoms with E-state index in [9.17, 15) is 9.18 Å². The van der Waals surface area contributed by atoms with Crippen LogP contribution < -0.4 is 11.1 Å². The molecule has 0 aliphatic carbocycles. The summed E-state index contributed by atoms with van der Waals surface area (Å²) in [5.41, 5.74) is 7.46. The summed E-state index contributed by atoms with van der Waals surface area (Å²) in [5, 5.41) is 2.74. The third-order valence-corrected chi connectivity index (χ3v) is 3.82. The van der Waals surface area contributed by atoms with E-state index in [0.717, 1.165) is 10.0 Å². The van der Waals surface area contributed by atoms with Crippen LogP contribution in [0.1, 0.15) is 21.5 Å². The number of benzene rings is 2. The van der Waals surface area contributed by atoms with Crippen molar-refractivity contribution in [3.05, 3.63) is 63.4 Å². The van der Waals surface area contributed by atoms with Crippen molar-refractivity contribution in [2.75, 3.05) is 5.73 Å². The number of nitrogens with one attached hydrogen (secondary N) is 1. The third-order valence-electron chi connectivity index (χ3n) is 3.04. The Morgan fingerprint density at radius 2 is 2.05 bits per heavy atom. The average molecular weight is 337 g/mol. The molecule has 104 valence electrons. The van der Waals surface area contributed by atoms with Gasteiger partial charge < -0.3 is 11.1 Å². The van der Waals surface area contributed by atoms with E-state index < -0.39 is 5.82 Å². The smallest absolute Gasteiger partial charge is 0.251 e. The minimum absolute atomic E-state index is 0.220. The minimum Gasteiger partial charge on any atom is -0.398 e. The van der Waals surface area contributed by atoms with Gasteiger partial charge in [0, 0.05) is 27.8 Å². The summed E-state index contributed by atoms with van der Waals surface area (Å²) in [7, 11) is 0. The monoisotopic (exact) mass is 336 g/mol. The van der Waals surface area contributed by atoms with Crippen LogP contribution in [0.15, 0.2) is 40.9 Å². The summed E-state index contributed by atoms with van der Waals surface area (Å²) in [4.78, 5) is 12.0. The Hall–Kier alpha value is -1.88. The Morgan fingerprint density at radius 3 is 2.70 bits per heavy atom. The first-order valence-electron chi connectivity index (χ1n) is 6.06. The van der Waals surface area contributed by atoms with Crippen molar-refractivity contribution in [3.63, 3.8) is 0 Å². The zero-order valence-electron chi connectivity index (χ0n) is 10.9. The molecule has 0 bridgehead atoms. The molecule has 0 spiro atoms. The Kier molecular flexibility index (Phi) is 4.39. The fourth-order valence-corrected chi connectivity index (χ4v) is 2.18. The molecule has 0 radical (unpaired) electrons. The molecule has 0 aliphatic heterocycles. The molecular weight excluding hydrogens is 323 g/mol. The Labute approximate surface area is 125 Å². The summed E-state index contributed by atoms with van der Waals surface area (Å²) in [6.45, 7) is 1.93. The quantitative estimate of drug-likeness (QED) is 0.844. The predicted octanol–water partition coefficient (Wildman–Crippen LogP) is 3.41. The molecule has 2 aromatic rings. The lowest BCUT2D eigenvalue weighted by Gasteiger charge is -2.09. The number of halogens is 2. The zero-order valence-corrected chi connectivity index (χ0v) is 12.5. The summed E-state index contributed by atoms with van der Waals surface area (Å²) in [6.07, 6.45) is 0. The number of hydrogen-bond acceptors (Lipinski definition) is 2. The SMILES string of the molecule is Cc1c(N)cc(C(=O)NCc2ccccc2Br)cc1F. The van der Waals surface area contributed by atoms with Gasteiger partial charge in [-0.25, -0.2) is 4.39 Å². The molecule has 2 rings (SSSR count). The fourth-order valence-electron chi connectivity index (χ4n) is 1.75. The summed E-state index contributed by atoms with van der Waals surface area (Å²) in [5.74, 6) is -0.831. The van der Waals surface area contributed by atoms with Crippen molar-refractivity contribution in [2.24, 2.45) is 0 Å². The van der Waals surface area contributed by atoms with Gasteiger partial charge in [0.1, 0.15) is 5.82 Å². The van der Waals surface area contributed by atoms with E-state index in [1.54, 1.807) is 6.92 Å². The molecule has 1 amide bonds. The molecule has 0 saturated carbocycles. The molecule has 0 heterocycles. The second kappa shape index (κ2) is 6.05. The number of nitrogens with two attached hydrogens (primary N) is 1. The van der Waals surface area contributed by atoms with Crippen LogP contribution in [0, 0.1) is 12.7 Å². The van der Waals surface area contributed by atoms with E-state index in [4.69, 9.17) is 5.73 Å². The van der Waals surface area contributed by atoms with Gasteiger partial charge in [-0.3, -0.25) is 4.79 Å². The van der Waals surface area contributed by atoms with Gasteiger partial charge in [-0.1, -0.05) is 34.1 Å². The first kappa shape index (κ1) is 14.5. The van der Waals surface area contributed by atoms with E-state index >= 15 is 0 Å². The lowest BCUT2D eigenvalue weighted by atomic mass is 10.1. The van der Waals surface area contributed by atoms with Crippen molar-refractivity contribution < 1.29 is 9.18 Å². The number of amides is 1. The number of anilines is 1. The highest BCUT2D eigenvalue weighted by atomic mass is 79.9. The van der Waals surface area contributed by atoms with Crippen molar-refractivity contribution in [3.8, 4) is 0 Å². The van der Waals surface area contributed by atoms with Crippen LogP contribution in [0.3, 0.4) is 0 Å². The number of hydrogen-bond donors (Lipinski definition) is 2. The molecule has 0 aromatic heterocycles. The van der Waals surface area contributed by atoms with Gasteiger partial charge in [0.2, 0.25) is 0 Å². The average Bonchev–Trinajstić information content (AvgIpc) is 2.43. The molecular formula is C15H14BrFN2O. The van der Waals surface area contributed by atoms with Crippen molar-refractivity contribution >= 4 is 27.5 Å². The number of carbonyl (C=O) groups is 1. The highest BCUT2D eigenvalue weighted by Crippen LogP contribution is 2.18. The Balaban J connectivity index is 2.11. The van der Waals surface area contributed by atoms with E-state index in [2.05, 4.69) is 21.2 Å². The van der Waals surface area contributed by atoms with E-state index in [0.29, 0.717) is 12.1 Å². The van der Waals surface area contributed by atoms with Crippen LogP contribution in [0.5, 0.6) is 0 Å². The predicted molar refractivity (Wildman–Crippen MR) is 80.9 cm³/mol. The molecule has 5 heteroatoms. The summed E-state index contributed by atoms with van der Waals surface area (Å²) >= 11 is 3.40. The van der Waals surface area contributed by atoms with Crippen LogP contribution in [0.25, 0.3) is 0 Å². The molecule has 3 nitrogen and oxygen atoms in total. The fraction of sp³-hybridized carbons (Fsp3) is 0.133. The second-order valence-electron chi connectivity index (χ2n) is 4.45. The normalized spacial score (nSPS) is 10.3. The zero-order chi connectivity index (χ0) is 14.7. The Bertz CT molecular complexity index is 635. The van der Waals surface area contributed by atoms with Crippen LogP contribution in [-0.4, -0.2) is 5.91 Å². The van der Waals surface area contributed by atoms with Crippen LogP contribution in [-0.2, 0) is 6.54 Å². The van der Waals surface area contributed by atoms with Crippen LogP contribution in [0.2, 0.25) is 0 Å². The highest BCUT2D eigenvalue weighted by Gasteiger charge is 2.11. The summed E-state index contributed by atoms with van der Waals surface area (Å²) in [6, 6.07) is 10.2. The largest absolute Gasteiger partial charge is 0.398 e. The van der Waals surface area contributed by atoms with E-state index in [1.807, 2.05) is 24.3 Å². The number of nitrogen functional groups attached to an aromatic ring is 1. The molecule has 20 heavy (non-hydrogen) atoms. The second-order valence-corrected chi connectivity index (χ2v) is 5.30. The molecule has 0 unspecified atom stereocenters.